The highest BCUT2D eigenvalue weighted by Crippen LogP contribution is 2.35. The molecule has 1 fully saturated rings. The second-order valence-electron chi connectivity index (χ2n) is 5.77. The Bertz CT molecular complexity index is 594. The van der Waals surface area contributed by atoms with Crippen LogP contribution in [0.1, 0.15) is 20.3 Å². The zero-order valence-corrected chi connectivity index (χ0v) is 11.6. The Balaban J connectivity index is 2.07. The third kappa shape index (κ3) is 2.14. The highest BCUT2D eigenvalue weighted by Gasteiger charge is 2.25. The van der Waals surface area contributed by atoms with E-state index in [4.69, 9.17) is 5.73 Å². The standard InChI is InChI=1S/C16H21N3/c1-11-7-8-19(10-12(11)2)16-13-5-3-4-6-15(13)18-9-14(16)17/h3-6,9,11-12H,7-8,10,17H2,1-2H3. The molecule has 0 spiro atoms. The lowest BCUT2D eigenvalue weighted by Gasteiger charge is -2.37. The van der Waals surface area contributed by atoms with Gasteiger partial charge in [-0.25, -0.2) is 0 Å². The number of hydrogen-bond acceptors (Lipinski definition) is 3. The lowest BCUT2D eigenvalue weighted by atomic mass is 9.88. The van der Waals surface area contributed by atoms with E-state index in [1.165, 1.54) is 17.5 Å². The van der Waals surface area contributed by atoms with Crippen LogP contribution in [0.15, 0.2) is 30.5 Å². The van der Waals surface area contributed by atoms with Crippen molar-refractivity contribution in [3.63, 3.8) is 0 Å². The molecular weight excluding hydrogens is 234 g/mol. The van der Waals surface area contributed by atoms with Gasteiger partial charge in [-0.15, -0.1) is 0 Å². The number of nitrogens with zero attached hydrogens (tertiary/aromatic N) is 2. The van der Waals surface area contributed by atoms with E-state index in [9.17, 15) is 0 Å². The van der Waals surface area contributed by atoms with Gasteiger partial charge in [-0.3, -0.25) is 4.98 Å². The fourth-order valence-corrected chi connectivity index (χ4v) is 2.96. The fourth-order valence-electron chi connectivity index (χ4n) is 2.96. The highest BCUT2D eigenvalue weighted by atomic mass is 15.2. The molecule has 0 amide bonds. The van der Waals surface area contributed by atoms with Crippen molar-refractivity contribution in [2.75, 3.05) is 23.7 Å². The first-order valence-electron chi connectivity index (χ1n) is 7.05. The number of rotatable bonds is 1. The summed E-state index contributed by atoms with van der Waals surface area (Å²) in [7, 11) is 0. The normalized spacial score (nSPS) is 23.8. The van der Waals surface area contributed by atoms with Crippen LogP contribution in [0.5, 0.6) is 0 Å². The number of nitrogens with two attached hydrogens (primary N) is 1. The highest BCUT2D eigenvalue weighted by molar-refractivity contribution is 5.97. The number of nitrogen functional groups attached to an aromatic ring is 1. The first kappa shape index (κ1) is 12.3. The monoisotopic (exact) mass is 255 g/mol. The molecule has 2 atom stereocenters. The first-order chi connectivity index (χ1) is 9.16. The molecule has 3 rings (SSSR count). The van der Waals surface area contributed by atoms with Crippen LogP contribution >= 0.6 is 0 Å². The summed E-state index contributed by atoms with van der Waals surface area (Å²) >= 11 is 0. The van der Waals surface area contributed by atoms with Gasteiger partial charge in [-0.05, 0) is 24.3 Å². The molecule has 0 aliphatic carbocycles. The molecule has 0 saturated carbocycles. The molecule has 1 saturated heterocycles. The molecule has 0 radical (unpaired) electrons. The van der Waals surface area contributed by atoms with Crippen molar-refractivity contribution in [3.8, 4) is 0 Å². The van der Waals surface area contributed by atoms with Gasteiger partial charge in [0.05, 0.1) is 23.1 Å². The number of aromatic nitrogens is 1. The quantitative estimate of drug-likeness (QED) is 0.850. The van der Waals surface area contributed by atoms with Crippen molar-refractivity contribution in [1.82, 2.24) is 4.98 Å². The molecule has 3 nitrogen and oxygen atoms in total. The van der Waals surface area contributed by atoms with Gasteiger partial charge in [-0.1, -0.05) is 32.0 Å². The molecular formula is C16H21N3. The maximum atomic E-state index is 6.19. The molecule has 1 aromatic heterocycles. The summed E-state index contributed by atoms with van der Waals surface area (Å²) in [5.74, 6) is 1.51. The molecule has 2 aromatic rings. The fraction of sp³-hybridized carbons (Fsp3) is 0.438. The summed E-state index contributed by atoms with van der Waals surface area (Å²) in [4.78, 5) is 6.85. The van der Waals surface area contributed by atoms with E-state index in [2.05, 4.69) is 35.9 Å². The minimum Gasteiger partial charge on any atom is -0.396 e. The molecule has 2 unspecified atom stereocenters. The van der Waals surface area contributed by atoms with Gasteiger partial charge in [0.2, 0.25) is 0 Å². The Kier molecular flexibility index (Phi) is 3.05. The zero-order chi connectivity index (χ0) is 13.4. The second kappa shape index (κ2) is 4.72. The molecule has 19 heavy (non-hydrogen) atoms. The summed E-state index contributed by atoms with van der Waals surface area (Å²) in [6.45, 7) is 6.84. The Morgan fingerprint density at radius 1 is 1.21 bits per heavy atom. The predicted molar refractivity (Wildman–Crippen MR) is 81.3 cm³/mol. The minimum atomic E-state index is 0.708. The Labute approximate surface area is 114 Å². The number of pyridine rings is 1. The van der Waals surface area contributed by atoms with Gasteiger partial charge in [0.25, 0.3) is 0 Å². The number of anilines is 2. The van der Waals surface area contributed by atoms with Gasteiger partial charge in [0.15, 0.2) is 0 Å². The van der Waals surface area contributed by atoms with Crippen LogP contribution < -0.4 is 10.6 Å². The van der Waals surface area contributed by atoms with Gasteiger partial charge in [0, 0.05) is 18.5 Å². The van der Waals surface area contributed by atoms with Crippen LogP contribution in [-0.2, 0) is 0 Å². The Morgan fingerprint density at radius 3 is 2.79 bits per heavy atom. The van der Waals surface area contributed by atoms with Crippen molar-refractivity contribution in [2.45, 2.75) is 20.3 Å². The summed E-state index contributed by atoms with van der Waals surface area (Å²) < 4.78 is 0. The van der Waals surface area contributed by atoms with E-state index < -0.39 is 0 Å². The average molecular weight is 255 g/mol. The molecule has 3 heteroatoms. The topological polar surface area (TPSA) is 42.1 Å². The number of fused-ring (bicyclic) bond motifs is 1. The summed E-state index contributed by atoms with van der Waals surface area (Å²) in [6, 6.07) is 8.25. The maximum absolute atomic E-state index is 6.19. The molecule has 1 aliphatic rings. The van der Waals surface area contributed by atoms with Crippen molar-refractivity contribution in [2.24, 2.45) is 11.8 Å². The van der Waals surface area contributed by atoms with Crippen molar-refractivity contribution in [3.05, 3.63) is 30.5 Å². The van der Waals surface area contributed by atoms with E-state index in [-0.39, 0.29) is 0 Å². The summed E-state index contributed by atoms with van der Waals surface area (Å²) in [5.41, 5.74) is 9.18. The maximum Gasteiger partial charge on any atom is 0.0745 e. The third-order valence-electron chi connectivity index (χ3n) is 4.43. The lowest BCUT2D eigenvalue weighted by molar-refractivity contribution is 0.324. The van der Waals surface area contributed by atoms with E-state index in [1.807, 2.05) is 12.1 Å². The van der Waals surface area contributed by atoms with Crippen LogP contribution in [0.2, 0.25) is 0 Å². The largest absolute Gasteiger partial charge is 0.396 e. The van der Waals surface area contributed by atoms with E-state index in [1.54, 1.807) is 6.20 Å². The SMILES string of the molecule is CC1CCN(c2c(N)cnc3ccccc23)CC1C. The van der Waals surface area contributed by atoms with Gasteiger partial charge in [-0.2, -0.15) is 0 Å². The lowest BCUT2D eigenvalue weighted by Crippen LogP contribution is -2.38. The van der Waals surface area contributed by atoms with Gasteiger partial charge >= 0.3 is 0 Å². The molecule has 100 valence electrons. The van der Waals surface area contributed by atoms with E-state index in [0.29, 0.717) is 5.92 Å². The van der Waals surface area contributed by atoms with E-state index >= 15 is 0 Å². The molecule has 2 heterocycles. The molecule has 2 N–H and O–H groups in total. The van der Waals surface area contributed by atoms with Crippen molar-refractivity contribution >= 4 is 22.3 Å². The smallest absolute Gasteiger partial charge is 0.0745 e. The third-order valence-corrected chi connectivity index (χ3v) is 4.43. The number of benzene rings is 1. The van der Waals surface area contributed by atoms with E-state index in [0.717, 1.165) is 30.2 Å². The van der Waals surface area contributed by atoms with Crippen LogP contribution in [-0.4, -0.2) is 18.1 Å². The van der Waals surface area contributed by atoms with Crippen molar-refractivity contribution < 1.29 is 0 Å². The zero-order valence-electron chi connectivity index (χ0n) is 11.6. The molecule has 1 aromatic carbocycles. The van der Waals surface area contributed by atoms with Crippen LogP contribution in [0, 0.1) is 11.8 Å². The van der Waals surface area contributed by atoms with Crippen LogP contribution in [0.4, 0.5) is 11.4 Å². The Hall–Kier alpha value is -1.77. The number of hydrogen-bond donors (Lipinski definition) is 1. The van der Waals surface area contributed by atoms with Crippen molar-refractivity contribution in [1.29, 1.82) is 0 Å². The molecule has 1 aliphatic heterocycles. The predicted octanol–water partition coefficient (Wildman–Crippen LogP) is 3.30. The Morgan fingerprint density at radius 2 is 2.00 bits per heavy atom. The number of para-hydroxylation sites is 1. The molecule has 0 bridgehead atoms. The summed E-state index contributed by atoms with van der Waals surface area (Å²) in [5, 5.41) is 1.17. The van der Waals surface area contributed by atoms with Crippen LogP contribution in [0.3, 0.4) is 0 Å². The van der Waals surface area contributed by atoms with Crippen LogP contribution in [0.25, 0.3) is 10.9 Å². The summed E-state index contributed by atoms with van der Waals surface area (Å²) in [6.07, 6.45) is 3.03. The second-order valence-corrected chi connectivity index (χ2v) is 5.77. The average Bonchev–Trinajstić information content (AvgIpc) is 2.42. The first-order valence-corrected chi connectivity index (χ1v) is 7.05. The minimum absolute atomic E-state index is 0.708. The number of piperidine rings is 1. The van der Waals surface area contributed by atoms with Gasteiger partial charge in [0.1, 0.15) is 0 Å². The van der Waals surface area contributed by atoms with Gasteiger partial charge < -0.3 is 10.6 Å².